The minimum atomic E-state index is -0.645. The molecule has 0 saturated carbocycles. The number of hydrogen-bond acceptors (Lipinski definition) is 5. The molecule has 170 valence electrons. The van der Waals surface area contributed by atoms with E-state index >= 15 is 0 Å². The number of halogens is 1. The second kappa shape index (κ2) is 8.89. The second-order valence-corrected chi connectivity index (χ2v) is 9.35. The van der Waals surface area contributed by atoms with E-state index in [9.17, 15) is 9.59 Å². The van der Waals surface area contributed by atoms with Crippen LogP contribution in [0.3, 0.4) is 0 Å². The number of thiazole rings is 1. The molecular formula is C25H20ClN5O2S. The van der Waals surface area contributed by atoms with E-state index in [0.29, 0.717) is 31.3 Å². The number of nitrogens with zero attached hydrogens (tertiary/aromatic N) is 4. The number of para-hydroxylation sites is 1. The molecule has 0 bridgehead atoms. The lowest BCUT2D eigenvalue weighted by Gasteiger charge is -2.25. The minimum Gasteiger partial charge on any atom is -0.322 e. The Kier molecular flexibility index (Phi) is 5.77. The van der Waals surface area contributed by atoms with Gasteiger partial charge in [0.2, 0.25) is 0 Å². The van der Waals surface area contributed by atoms with Crippen LogP contribution in [0.5, 0.6) is 0 Å². The number of fused-ring (bicyclic) bond motifs is 1. The quantitative estimate of drug-likeness (QED) is 0.477. The number of amides is 1. The summed E-state index contributed by atoms with van der Waals surface area (Å²) in [6, 6.07) is 15.7. The molecule has 4 aromatic rings. The first-order chi connectivity index (χ1) is 16.4. The van der Waals surface area contributed by atoms with Crippen LogP contribution in [0, 0.1) is 0 Å². The number of anilines is 1. The molecule has 3 heterocycles. The molecule has 0 fully saturated rings. The Morgan fingerprint density at radius 1 is 1.15 bits per heavy atom. The average molecular weight is 490 g/mol. The van der Waals surface area contributed by atoms with Crippen molar-refractivity contribution in [3.05, 3.63) is 114 Å². The molecule has 9 heteroatoms. The van der Waals surface area contributed by atoms with E-state index in [1.54, 1.807) is 40.6 Å². The van der Waals surface area contributed by atoms with Gasteiger partial charge in [0.25, 0.3) is 11.5 Å². The third-order valence-corrected chi connectivity index (χ3v) is 6.74. The maximum atomic E-state index is 13.6. The molecule has 7 nitrogen and oxygen atoms in total. The second-order valence-electron chi connectivity index (χ2n) is 7.90. The number of aryl methyl sites for hydroxylation is 1. The van der Waals surface area contributed by atoms with Crippen molar-refractivity contribution in [1.29, 1.82) is 0 Å². The van der Waals surface area contributed by atoms with Crippen LogP contribution in [-0.4, -0.2) is 20.3 Å². The Bertz CT molecular complexity index is 1600. The van der Waals surface area contributed by atoms with Crippen LogP contribution < -0.4 is 20.2 Å². The van der Waals surface area contributed by atoms with Gasteiger partial charge in [-0.1, -0.05) is 53.3 Å². The Labute approximate surface area is 204 Å². The minimum absolute atomic E-state index is 0.218. The van der Waals surface area contributed by atoms with Gasteiger partial charge in [0, 0.05) is 29.5 Å². The normalized spacial score (nSPS) is 15.7. The Balaban J connectivity index is 1.68. The zero-order chi connectivity index (χ0) is 23.8. The number of benzene rings is 2. The van der Waals surface area contributed by atoms with Crippen molar-refractivity contribution in [1.82, 2.24) is 14.3 Å². The predicted octanol–water partition coefficient (Wildman–Crippen LogP) is 3.26. The van der Waals surface area contributed by atoms with Crippen LogP contribution >= 0.6 is 22.9 Å². The zero-order valence-corrected chi connectivity index (χ0v) is 20.0. The molecular weight excluding hydrogens is 470 g/mol. The van der Waals surface area contributed by atoms with Gasteiger partial charge in [0.1, 0.15) is 0 Å². The summed E-state index contributed by atoms with van der Waals surface area (Å²) >= 11 is 7.41. The average Bonchev–Trinajstić information content (AvgIpc) is 3.36. The SMILES string of the molecule is CC1=C(C(=O)Nc2ccccc2)C(c2ccc(Cl)cc2)n2c(sc(=Cc3cnn(C)c3)c2=O)=N1. The maximum Gasteiger partial charge on any atom is 0.271 e. The number of rotatable bonds is 4. The van der Waals surface area contributed by atoms with Crippen molar-refractivity contribution in [3.63, 3.8) is 0 Å². The third kappa shape index (κ3) is 4.13. The lowest BCUT2D eigenvalue weighted by atomic mass is 9.95. The highest BCUT2D eigenvalue weighted by atomic mass is 35.5. The van der Waals surface area contributed by atoms with Gasteiger partial charge in [0.05, 0.1) is 28.0 Å². The number of nitrogens with one attached hydrogen (secondary N) is 1. The van der Waals surface area contributed by atoms with Crippen molar-refractivity contribution < 1.29 is 4.79 Å². The van der Waals surface area contributed by atoms with Gasteiger partial charge in [-0.15, -0.1) is 0 Å². The maximum absolute atomic E-state index is 13.6. The molecule has 1 amide bonds. The van der Waals surface area contributed by atoms with Crippen LogP contribution in [0.2, 0.25) is 5.02 Å². The van der Waals surface area contributed by atoms with Gasteiger partial charge in [0.15, 0.2) is 4.80 Å². The summed E-state index contributed by atoms with van der Waals surface area (Å²) < 4.78 is 3.78. The first kappa shape index (κ1) is 22.1. The summed E-state index contributed by atoms with van der Waals surface area (Å²) in [5, 5.41) is 7.68. The fourth-order valence-electron chi connectivity index (χ4n) is 3.96. The van der Waals surface area contributed by atoms with Gasteiger partial charge >= 0.3 is 0 Å². The highest BCUT2D eigenvalue weighted by molar-refractivity contribution is 7.07. The molecule has 2 aromatic heterocycles. The van der Waals surface area contributed by atoms with Gasteiger partial charge < -0.3 is 5.32 Å². The number of carbonyl (C=O) groups is 1. The van der Waals surface area contributed by atoms with Crippen molar-refractivity contribution >= 4 is 40.6 Å². The number of allylic oxidation sites excluding steroid dienone is 1. The van der Waals surface area contributed by atoms with E-state index in [0.717, 1.165) is 11.1 Å². The van der Waals surface area contributed by atoms with Crippen molar-refractivity contribution in [2.45, 2.75) is 13.0 Å². The zero-order valence-electron chi connectivity index (χ0n) is 18.4. The van der Waals surface area contributed by atoms with Crippen LogP contribution in [-0.2, 0) is 11.8 Å². The Morgan fingerprint density at radius 3 is 2.56 bits per heavy atom. The van der Waals surface area contributed by atoms with E-state index in [1.807, 2.05) is 55.7 Å². The predicted molar refractivity (Wildman–Crippen MR) is 133 cm³/mol. The van der Waals surface area contributed by atoms with E-state index in [2.05, 4.69) is 15.4 Å². The lowest BCUT2D eigenvalue weighted by Crippen LogP contribution is -2.40. The summed E-state index contributed by atoms with van der Waals surface area (Å²) in [5.74, 6) is -0.311. The van der Waals surface area contributed by atoms with Gasteiger partial charge in [-0.05, 0) is 42.8 Å². The molecule has 0 spiro atoms. The Morgan fingerprint density at radius 2 is 1.88 bits per heavy atom. The van der Waals surface area contributed by atoms with Crippen molar-refractivity contribution in [3.8, 4) is 0 Å². The van der Waals surface area contributed by atoms with E-state index in [4.69, 9.17) is 11.6 Å². The standard InChI is InChI=1S/C25H20ClN5O2S/c1-15-21(23(32)29-19-6-4-3-5-7-19)22(17-8-10-18(26)11-9-17)31-24(33)20(34-25(31)28-15)12-16-13-27-30(2)14-16/h3-14,22H,1-2H3,(H,29,32). The van der Waals surface area contributed by atoms with Crippen LogP contribution in [0.15, 0.2) is 88.0 Å². The molecule has 2 aromatic carbocycles. The van der Waals surface area contributed by atoms with E-state index in [1.165, 1.54) is 11.3 Å². The monoisotopic (exact) mass is 489 g/mol. The molecule has 5 rings (SSSR count). The summed E-state index contributed by atoms with van der Waals surface area (Å²) in [6.07, 6.45) is 5.32. The largest absolute Gasteiger partial charge is 0.322 e. The van der Waals surface area contributed by atoms with Crippen LogP contribution in [0.4, 0.5) is 5.69 Å². The highest BCUT2D eigenvalue weighted by Crippen LogP contribution is 2.31. The van der Waals surface area contributed by atoms with Gasteiger partial charge in [-0.2, -0.15) is 5.10 Å². The number of aromatic nitrogens is 3. The highest BCUT2D eigenvalue weighted by Gasteiger charge is 2.32. The fraction of sp³-hybridized carbons (Fsp3) is 0.120. The van der Waals surface area contributed by atoms with Crippen LogP contribution in [0.1, 0.15) is 24.1 Å². The fourth-order valence-corrected chi connectivity index (χ4v) is 5.13. The van der Waals surface area contributed by atoms with Gasteiger partial charge in [-0.25, -0.2) is 4.99 Å². The molecule has 1 atom stereocenters. The first-order valence-electron chi connectivity index (χ1n) is 10.5. The number of hydrogen-bond donors (Lipinski definition) is 1. The third-order valence-electron chi connectivity index (χ3n) is 5.51. The number of carbonyl (C=O) groups excluding carboxylic acids is 1. The van der Waals surface area contributed by atoms with E-state index < -0.39 is 6.04 Å². The van der Waals surface area contributed by atoms with Crippen molar-refractivity contribution in [2.24, 2.45) is 12.0 Å². The summed E-state index contributed by atoms with van der Waals surface area (Å²) in [5.41, 5.74) is 3.00. The summed E-state index contributed by atoms with van der Waals surface area (Å²) in [7, 11) is 1.82. The van der Waals surface area contributed by atoms with Crippen molar-refractivity contribution in [2.75, 3.05) is 5.32 Å². The molecule has 1 aliphatic rings. The molecule has 34 heavy (non-hydrogen) atoms. The summed E-state index contributed by atoms with van der Waals surface area (Å²) in [6.45, 7) is 1.79. The van der Waals surface area contributed by atoms with E-state index in [-0.39, 0.29) is 11.5 Å². The molecule has 1 N–H and O–H groups in total. The molecule has 0 radical (unpaired) electrons. The van der Waals surface area contributed by atoms with Crippen LogP contribution in [0.25, 0.3) is 6.08 Å². The van der Waals surface area contributed by atoms with Gasteiger partial charge in [-0.3, -0.25) is 18.8 Å². The topological polar surface area (TPSA) is 81.3 Å². The summed E-state index contributed by atoms with van der Waals surface area (Å²) in [4.78, 5) is 32.2. The molecule has 1 unspecified atom stereocenters. The first-order valence-corrected chi connectivity index (χ1v) is 11.7. The molecule has 0 saturated heterocycles. The lowest BCUT2D eigenvalue weighted by molar-refractivity contribution is -0.113. The Hall–Kier alpha value is -3.75. The molecule has 0 aliphatic carbocycles. The molecule has 1 aliphatic heterocycles. The smallest absolute Gasteiger partial charge is 0.271 e.